The average Bonchev–Trinajstić information content (AvgIpc) is 3.04. The van der Waals surface area contributed by atoms with Gasteiger partial charge in [-0.2, -0.15) is 0 Å². The van der Waals surface area contributed by atoms with Gasteiger partial charge in [-0.25, -0.2) is 4.90 Å². The van der Waals surface area contributed by atoms with Gasteiger partial charge in [0.2, 0.25) is 5.91 Å². The average molecular weight is 441 g/mol. The first-order valence-electron chi connectivity index (χ1n) is 10.4. The zero-order chi connectivity index (χ0) is 23.5. The first-order valence-corrected chi connectivity index (χ1v) is 10.4. The van der Waals surface area contributed by atoms with Gasteiger partial charge in [-0.05, 0) is 54.4 Å². The number of benzene rings is 3. The summed E-state index contributed by atoms with van der Waals surface area (Å²) in [7, 11) is 1.55. The van der Waals surface area contributed by atoms with E-state index in [4.69, 9.17) is 4.74 Å². The predicted molar refractivity (Wildman–Crippen MR) is 128 cm³/mol. The molecule has 166 valence electrons. The van der Waals surface area contributed by atoms with Crippen LogP contribution in [0.1, 0.15) is 18.1 Å². The highest BCUT2D eigenvalue weighted by Crippen LogP contribution is 2.36. The van der Waals surface area contributed by atoms with Crippen molar-refractivity contribution in [2.45, 2.75) is 13.8 Å². The van der Waals surface area contributed by atoms with Gasteiger partial charge in [0.15, 0.2) is 0 Å². The lowest BCUT2D eigenvalue weighted by atomic mass is 10.0. The lowest BCUT2D eigenvalue weighted by molar-refractivity contribution is -0.120. The van der Waals surface area contributed by atoms with Crippen LogP contribution >= 0.6 is 0 Å². The van der Waals surface area contributed by atoms with Crippen LogP contribution in [0.2, 0.25) is 0 Å². The summed E-state index contributed by atoms with van der Waals surface area (Å²) in [5.74, 6) is -0.566. The van der Waals surface area contributed by atoms with Gasteiger partial charge in [-0.3, -0.25) is 14.4 Å². The van der Waals surface area contributed by atoms with E-state index in [0.29, 0.717) is 28.4 Å². The number of imide groups is 1. The van der Waals surface area contributed by atoms with Gasteiger partial charge in [-0.1, -0.05) is 36.4 Å². The Bertz CT molecular complexity index is 1260. The molecule has 2 N–H and O–H groups in total. The van der Waals surface area contributed by atoms with Crippen LogP contribution in [0.5, 0.6) is 5.75 Å². The van der Waals surface area contributed by atoms with E-state index in [2.05, 4.69) is 10.6 Å². The number of nitrogens with zero attached hydrogens (tertiary/aromatic N) is 1. The van der Waals surface area contributed by atoms with Crippen molar-refractivity contribution in [1.29, 1.82) is 0 Å². The molecule has 0 bridgehead atoms. The number of amides is 3. The normalized spacial score (nSPS) is 13.4. The summed E-state index contributed by atoms with van der Waals surface area (Å²) in [5, 5.41) is 5.83. The molecule has 0 saturated carbocycles. The van der Waals surface area contributed by atoms with Crippen LogP contribution in [-0.4, -0.2) is 24.8 Å². The van der Waals surface area contributed by atoms with Crippen LogP contribution in [0.25, 0.3) is 5.57 Å². The molecule has 3 aromatic rings. The van der Waals surface area contributed by atoms with Crippen LogP contribution < -0.4 is 20.3 Å². The Morgan fingerprint density at radius 2 is 1.61 bits per heavy atom. The van der Waals surface area contributed by atoms with Gasteiger partial charge in [-0.15, -0.1) is 0 Å². The molecule has 0 radical (unpaired) electrons. The summed E-state index contributed by atoms with van der Waals surface area (Å²) >= 11 is 0. The van der Waals surface area contributed by atoms with Gasteiger partial charge in [0.1, 0.15) is 11.4 Å². The molecule has 0 aromatic heterocycles. The van der Waals surface area contributed by atoms with E-state index in [1.807, 2.05) is 37.3 Å². The summed E-state index contributed by atoms with van der Waals surface area (Å²) < 4.78 is 5.44. The highest BCUT2D eigenvalue weighted by Gasteiger charge is 2.40. The van der Waals surface area contributed by atoms with Crippen LogP contribution in [0, 0.1) is 6.92 Å². The first kappa shape index (κ1) is 21.8. The summed E-state index contributed by atoms with van der Waals surface area (Å²) in [6.45, 7) is 3.34. The smallest absolute Gasteiger partial charge is 0.282 e. The Morgan fingerprint density at radius 1 is 0.909 bits per heavy atom. The number of carbonyl (C=O) groups is 3. The monoisotopic (exact) mass is 441 g/mol. The fourth-order valence-corrected chi connectivity index (χ4v) is 3.70. The molecule has 7 heteroatoms. The number of hydrogen-bond donors (Lipinski definition) is 2. The maximum atomic E-state index is 13.5. The van der Waals surface area contributed by atoms with Crippen molar-refractivity contribution < 1.29 is 19.1 Å². The molecule has 0 saturated heterocycles. The lowest BCUT2D eigenvalue weighted by Gasteiger charge is -2.16. The van der Waals surface area contributed by atoms with Crippen LogP contribution in [0.4, 0.5) is 17.1 Å². The number of anilines is 3. The SMILES string of the molecule is COc1ccc(C)cc1NC1=C(c2ccccc2)C(=O)N(c2ccc(NC(C)=O)cc2)C1=O. The fourth-order valence-electron chi connectivity index (χ4n) is 3.70. The molecule has 0 unspecified atom stereocenters. The van der Waals surface area contributed by atoms with Crippen LogP contribution in [0.15, 0.2) is 78.5 Å². The molecule has 7 nitrogen and oxygen atoms in total. The van der Waals surface area contributed by atoms with Gasteiger partial charge in [0.05, 0.1) is 24.1 Å². The number of methoxy groups -OCH3 is 1. The third-order valence-electron chi connectivity index (χ3n) is 5.21. The molecule has 0 atom stereocenters. The second-order valence-corrected chi connectivity index (χ2v) is 7.62. The van der Waals surface area contributed by atoms with Crippen molar-refractivity contribution in [2.24, 2.45) is 0 Å². The minimum Gasteiger partial charge on any atom is -0.495 e. The fraction of sp³-hybridized carbons (Fsp3) is 0.115. The van der Waals surface area contributed by atoms with E-state index in [9.17, 15) is 14.4 Å². The first-order chi connectivity index (χ1) is 15.9. The summed E-state index contributed by atoms with van der Waals surface area (Å²) in [6, 6.07) is 21.2. The maximum absolute atomic E-state index is 13.5. The predicted octanol–water partition coefficient (Wildman–Crippen LogP) is 4.36. The zero-order valence-corrected chi connectivity index (χ0v) is 18.5. The molecule has 0 spiro atoms. The van der Waals surface area contributed by atoms with Gasteiger partial charge in [0, 0.05) is 12.6 Å². The largest absolute Gasteiger partial charge is 0.495 e. The zero-order valence-electron chi connectivity index (χ0n) is 18.5. The van der Waals surface area contributed by atoms with Crippen LogP contribution in [0.3, 0.4) is 0 Å². The molecule has 3 amide bonds. The van der Waals surface area contributed by atoms with Gasteiger partial charge in [0.25, 0.3) is 11.8 Å². The topological polar surface area (TPSA) is 87.7 Å². The summed E-state index contributed by atoms with van der Waals surface area (Å²) in [4.78, 5) is 39.5. The Morgan fingerprint density at radius 3 is 2.24 bits per heavy atom. The Hall–Kier alpha value is -4.39. The molecule has 33 heavy (non-hydrogen) atoms. The molecule has 1 heterocycles. The third kappa shape index (κ3) is 4.34. The number of ether oxygens (including phenoxy) is 1. The number of aryl methyl sites for hydroxylation is 1. The van der Waals surface area contributed by atoms with Crippen molar-refractivity contribution in [3.8, 4) is 5.75 Å². The van der Waals surface area contributed by atoms with E-state index in [-0.39, 0.29) is 17.2 Å². The molecule has 4 rings (SSSR count). The maximum Gasteiger partial charge on any atom is 0.282 e. The second kappa shape index (κ2) is 9.00. The van der Waals surface area contributed by atoms with Crippen molar-refractivity contribution in [2.75, 3.05) is 22.6 Å². The standard InChI is InChI=1S/C26H23N3O4/c1-16-9-14-22(33-3)21(15-16)28-24-23(18-7-5-4-6-8-18)25(31)29(26(24)32)20-12-10-19(11-13-20)27-17(2)30/h4-15,28H,1-3H3,(H,27,30). The third-order valence-corrected chi connectivity index (χ3v) is 5.21. The molecule has 3 aromatic carbocycles. The van der Waals surface area contributed by atoms with Crippen molar-refractivity contribution in [1.82, 2.24) is 0 Å². The van der Waals surface area contributed by atoms with Gasteiger partial charge < -0.3 is 15.4 Å². The minimum atomic E-state index is -0.477. The van der Waals surface area contributed by atoms with E-state index >= 15 is 0 Å². The molecule has 0 fully saturated rings. The Kier molecular flexibility index (Phi) is 5.95. The number of hydrogen-bond acceptors (Lipinski definition) is 5. The number of nitrogens with one attached hydrogen (secondary N) is 2. The molecule has 0 aliphatic carbocycles. The highest BCUT2D eigenvalue weighted by molar-refractivity contribution is 6.46. The summed E-state index contributed by atoms with van der Waals surface area (Å²) in [6.07, 6.45) is 0. The summed E-state index contributed by atoms with van der Waals surface area (Å²) in [5.41, 5.74) is 3.61. The number of carbonyl (C=O) groups excluding carboxylic acids is 3. The molecule has 1 aliphatic rings. The van der Waals surface area contributed by atoms with Gasteiger partial charge >= 0.3 is 0 Å². The molecular formula is C26H23N3O4. The molecule has 1 aliphatic heterocycles. The van der Waals surface area contributed by atoms with E-state index in [1.54, 1.807) is 49.6 Å². The van der Waals surface area contributed by atoms with E-state index in [1.165, 1.54) is 6.92 Å². The molecular weight excluding hydrogens is 418 g/mol. The van der Waals surface area contributed by atoms with Crippen molar-refractivity contribution >= 4 is 40.4 Å². The Labute approximate surface area is 191 Å². The lowest BCUT2D eigenvalue weighted by Crippen LogP contribution is -2.32. The van der Waals surface area contributed by atoms with Crippen molar-refractivity contribution in [3.63, 3.8) is 0 Å². The second-order valence-electron chi connectivity index (χ2n) is 7.62. The Balaban J connectivity index is 1.77. The number of rotatable bonds is 6. The quantitative estimate of drug-likeness (QED) is 0.555. The highest BCUT2D eigenvalue weighted by atomic mass is 16.5. The minimum absolute atomic E-state index is 0.168. The van der Waals surface area contributed by atoms with Crippen LogP contribution in [-0.2, 0) is 14.4 Å². The van der Waals surface area contributed by atoms with E-state index < -0.39 is 11.8 Å². The van der Waals surface area contributed by atoms with Crippen molar-refractivity contribution in [3.05, 3.63) is 89.6 Å². The van der Waals surface area contributed by atoms with E-state index in [0.717, 1.165) is 10.5 Å².